The largest absolute Gasteiger partial charge is 0.419 e. The van der Waals surface area contributed by atoms with Crippen molar-refractivity contribution < 1.29 is 22.4 Å². The normalized spacial score (nSPS) is 16.1. The standard InChI is InChI=1S/C13H14F4N2O/c14-11-5-4-9(8-10(11)13(15,16)17)18-12(20)19-6-2-1-3-7-19/h4-5,8H,1-3,6-7H2,(H,18,20). The highest BCUT2D eigenvalue weighted by Gasteiger charge is 2.34. The first-order valence-electron chi connectivity index (χ1n) is 6.30. The lowest BCUT2D eigenvalue weighted by atomic mass is 10.1. The maximum atomic E-state index is 13.1. The Labute approximate surface area is 113 Å². The van der Waals surface area contributed by atoms with Crippen LogP contribution in [-0.4, -0.2) is 24.0 Å². The van der Waals surface area contributed by atoms with Gasteiger partial charge in [0.15, 0.2) is 0 Å². The van der Waals surface area contributed by atoms with Crippen molar-refractivity contribution in [1.82, 2.24) is 4.90 Å². The minimum Gasteiger partial charge on any atom is -0.325 e. The van der Waals surface area contributed by atoms with Gasteiger partial charge >= 0.3 is 12.2 Å². The second-order valence-electron chi connectivity index (χ2n) is 4.67. The van der Waals surface area contributed by atoms with E-state index >= 15 is 0 Å². The van der Waals surface area contributed by atoms with Gasteiger partial charge in [-0.15, -0.1) is 0 Å². The molecule has 2 rings (SSSR count). The van der Waals surface area contributed by atoms with Crippen LogP contribution in [0.5, 0.6) is 0 Å². The van der Waals surface area contributed by atoms with Gasteiger partial charge in [0.2, 0.25) is 0 Å². The van der Waals surface area contributed by atoms with Crippen molar-refractivity contribution in [2.75, 3.05) is 18.4 Å². The van der Waals surface area contributed by atoms with Crippen LogP contribution < -0.4 is 5.32 Å². The number of hydrogen-bond acceptors (Lipinski definition) is 1. The number of amides is 2. The van der Waals surface area contributed by atoms with Crippen LogP contribution in [0.25, 0.3) is 0 Å². The molecule has 1 saturated heterocycles. The van der Waals surface area contributed by atoms with Crippen molar-refractivity contribution in [1.29, 1.82) is 0 Å². The van der Waals surface area contributed by atoms with Crippen molar-refractivity contribution in [2.45, 2.75) is 25.4 Å². The van der Waals surface area contributed by atoms with Crippen molar-refractivity contribution in [3.63, 3.8) is 0 Å². The predicted octanol–water partition coefficient (Wildman–Crippen LogP) is 3.86. The first-order chi connectivity index (χ1) is 9.38. The van der Waals surface area contributed by atoms with Gasteiger partial charge in [-0.05, 0) is 37.5 Å². The summed E-state index contributed by atoms with van der Waals surface area (Å²) in [6.45, 7) is 1.16. The highest BCUT2D eigenvalue weighted by atomic mass is 19.4. The number of likely N-dealkylation sites (tertiary alicyclic amines) is 1. The number of nitrogens with one attached hydrogen (secondary N) is 1. The van der Waals surface area contributed by atoms with Gasteiger partial charge in [0, 0.05) is 18.8 Å². The number of nitrogens with zero attached hydrogens (tertiary/aromatic N) is 1. The van der Waals surface area contributed by atoms with Gasteiger partial charge < -0.3 is 10.2 Å². The molecule has 1 aliphatic heterocycles. The van der Waals surface area contributed by atoms with Crippen LogP contribution in [0.15, 0.2) is 18.2 Å². The van der Waals surface area contributed by atoms with Gasteiger partial charge in [-0.3, -0.25) is 0 Å². The summed E-state index contributed by atoms with van der Waals surface area (Å²) < 4.78 is 50.8. The molecule has 1 aromatic carbocycles. The van der Waals surface area contributed by atoms with E-state index in [2.05, 4.69) is 5.32 Å². The second-order valence-corrected chi connectivity index (χ2v) is 4.67. The van der Waals surface area contributed by atoms with E-state index < -0.39 is 23.6 Å². The molecule has 1 aliphatic rings. The Morgan fingerprint density at radius 2 is 1.80 bits per heavy atom. The maximum Gasteiger partial charge on any atom is 0.419 e. The number of anilines is 1. The lowest BCUT2D eigenvalue weighted by molar-refractivity contribution is -0.139. The van der Waals surface area contributed by atoms with Crippen LogP contribution in [0.1, 0.15) is 24.8 Å². The monoisotopic (exact) mass is 290 g/mol. The Hall–Kier alpha value is -1.79. The summed E-state index contributed by atoms with van der Waals surface area (Å²) in [7, 11) is 0. The summed E-state index contributed by atoms with van der Waals surface area (Å²) in [5, 5.41) is 2.37. The van der Waals surface area contributed by atoms with Crippen LogP contribution in [0.2, 0.25) is 0 Å². The molecule has 1 aromatic rings. The van der Waals surface area contributed by atoms with E-state index in [0.29, 0.717) is 25.2 Å². The first-order valence-corrected chi connectivity index (χ1v) is 6.30. The summed E-state index contributed by atoms with van der Waals surface area (Å²) in [4.78, 5) is 13.4. The molecule has 1 fully saturated rings. The summed E-state index contributed by atoms with van der Waals surface area (Å²) in [6, 6.07) is 1.97. The number of hydrogen-bond donors (Lipinski definition) is 1. The number of benzene rings is 1. The minimum absolute atomic E-state index is 0.0608. The zero-order valence-corrected chi connectivity index (χ0v) is 10.6. The van der Waals surface area contributed by atoms with E-state index in [1.807, 2.05) is 0 Å². The quantitative estimate of drug-likeness (QED) is 0.783. The van der Waals surface area contributed by atoms with Crippen molar-refractivity contribution in [3.8, 4) is 0 Å². The summed E-state index contributed by atoms with van der Waals surface area (Å²) in [5.41, 5.74) is -1.44. The van der Waals surface area contributed by atoms with E-state index in [1.54, 1.807) is 4.90 Å². The second kappa shape index (κ2) is 5.68. The number of alkyl halides is 3. The molecular weight excluding hydrogens is 276 g/mol. The summed E-state index contributed by atoms with van der Waals surface area (Å²) >= 11 is 0. The fourth-order valence-electron chi connectivity index (χ4n) is 2.12. The van der Waals surface area contributed by atoms with Gasteiger partial charge in [0.1, 0.15) is 5.82 Å². The van der Waals surface area contributed by atoms with E-state index in [1.165, 1.54) is 0 Å². The lowest BCUT2D eigenvalue weighted by Gasteiger charge is -2.26. The highest BCUT2D eigenvalue weighted by molar-refractivity contribution is 5.89. The van der Waals surface area contributed by atoms with Crippen molar-refractivity contribution in [2.24, 2.45) is 0 Å². The van der Waals surface area contributed by atoms with Crippen LogP contribution in [0.4, 0.5) is 28.0 Å². The average Bonchev–Trinajstić information content (AvgIpc) is 2.40. The van der Waals surface area contributed by atoms with Gasteiger partial charge in [0.05, 0.1) is 5.56 Å². The van der Waals surface area contributed by atoms with Gasteiger partial charge in [-0.25, -0.2) is 9.18 Å². The summed E-state index contributed by atoms with van der Waals surface area (Å²) in [6.07, 6.45) is -1.98. The fourth-order valence-corrected chi connectivity index (χ4v) is 2.12. The fraction of sp³-hybridized carbons (Fsp3) is 0.462. The lowest BCUT2D eigenvalue weighted by Crippen LogP contribution is -2.38. The van der Waals surface area contributed by atoms with Gasteiger partial charge in [0.25, 0.3) is 0 Å². The molecule has 0 bridgehead atoms. The van der Waals surface area contributed by atoms with E-state index in [4.69, 9.17) is 0 Å². The molecule has 0 spiro atoms. The zero-order valence-electron chi connectivity index (χ0n) is 10.6. The average molecular weight is 290 g/mol. The SMILES string of the molecule is O=C(Nc1ccc(F)c(C(F)(F)F)c1)N1CCCCC1. The predicted molar refractivity (Wildman–Crippen MR) is 65.8 cm³/mol. The van der Waals surface area contributed by atoms with Crippen molar-refractivity contribution >= 4 is 11.7 Å². The van der Waals surface area contributed by atoms with Crippen LogP contribution in [-0.2, 0) is 6.18 Å². The number of piperidine rings is 1. The molecule has 7 heteroatoms. The number of carbonyl (C=O) groups excluding carboxylic acids is 1. The number of rotatable bonds is 1. The van der Waals surface area contributed by atoms with Gasteiger partial charge in [-0.2, -0.15) is 13.2 Å². The molecular formula is C13H14F4N2O. The first kappa shape index (κ1) is 14.6. The number of carbonyl (C=O) groups is 1. The molecule has 0 saturated carbocycles. The maximum absolute atomic E-state index is 13.1. The van der Waals surface area contributed by atoms with Crippen LogP contribution >= 0.6 is 0 Å². The van der Waals surface area contributed by atoms with E-state index in [0.717, 1.165) is 25.3 Å². The molecule has 0 atom stereocenters. The van der Waals surface area contributed by atoms with Crippen LogP contribution in [0.3, 0.4) is 0 Å². The number of halogens is 4. The third-order valence-corrected chi connectivity index (χ3v) is 3.17. The van der Waals surface area contributed by atoms with E-state index in [9.17, 15) is 22.4 Å². The topological polar surface area (TPSA) is 32.3 Å². The molecule has 1 N–H and O–H groups in total. The van der Waals surface area contributed by atoms with Crippen LogP contribution in [0, 0.1) is 5.82 Å². The zero-order chi connectivity index (χ0) is 14.8. The van der Waals surface area contributed by atoms with Gasteiger partial charge in [-0.1, -0.05) is 0 Å². The third kappa shape index (κ3) is 3.40. The molecule has 2 amide bonds. The Kier molecular flexibility index (Phi) is 4.15. The Balaban J connectivity index is 2.11. The molecule has 1 heterocycles. The Bertz CT molecular complexity index is 496. The molecule has 0 aromatic heterocycles. The smallest absolute Gasteiger partial charge is 0.325 e. The molecule has 0 radical (unpaired) electrons. The summed E-state index contributed by atoms with van der Waals surface area (Å²) in [5.74, 6) is -1.35. The van der Waals surface area contributed by atoms with E-state index in [-0.39, 0.29) is 5.69 Å². The molecule has 110 valence electrons. The molecule has 20 heavy (non-hydrogen) atoms. The minimum atomic E-state index is -4.78. The van der Waals surface area contributed by atoms with Crippen molar-refractivity contribution in [3.05, 3.63) is 29.6 Å². The molecule has 3 nitrogen and oxygen atoms in total. The highest BCUT2D eigenvalue weighted by Crippen LogP contribution is 2.33. The third-order valence-electron chi connectivity index (χ3n) is 3.17. The Morgan fingerprint density at radius 1 is 1.15 bits per heavy atom. The molecule has 0 aliphatic carbocycles. The molecule has 0 unspecified atom stereocenters. The number of urea groups is 1. The Morgan fingerprint density at radius 3 is 2.40 bits per heavy atom.